The van der Waals surface area contributed by atoms with Crippen molar-refractivity contribution in [2.45, 2.75) is 33.3 Å². The molecule has 0 saturated heterocycles. The molecule has 7 nitrogen and oxygen atoms in total. The van der Waals surface area contributed by atoms with E-state index in [4.69, 9.17) is 9.72 Å². The zero-order chi connectivity index (χ0) is 20.8. The first kappa shape index (κ1) is 19.0. The van der Waals surface area contributed by atoms with Gasteiger partial charge in [-0.15, -0.1) is 0 Å². The Morgan fingerprint density at radius 2 is 1.83 bits per heavy atom. The number of hydrogen-bond acceptors (Lipinski definition) is 5. The molecule has 4 aromatic rings. The monoisotopic (exact) mass is 390 g/mol. The number of aromatic nitrogens is 5. The van der Waals surface area contributed by atoms with Crippen molar-refractivity contribution in [2.24, 2.45) is 14.1 Å². The normalized spacial score (nSPS) is 11.8. The molecule has 0 fully saturated rings. The van der Waals surface area contributed by atoms with Gasteiger partial charge in [0.15, 0.2) is 5.65 Å². The lowest BCUT2D eigenvalue weighted by Gasteiger charge is -2.22. The van der Waals surface area contributed by atoms with Crippen molar-refractivity contribution >= 4 is 22.7 Å². The summed E-state index contributed by atoms with van der Waals surface area (Å²) < 4.78 is 9.73. The van der Waals surface area contributed by atoms with Crippen molar-refractivity contribution < 1.29 is 4.74 Å². The topological polar surface area (TPSA) is 69.8 Å². The van der Waals surface area contributed by atoms with Gasteiger partial charge in [-0.1, -0.05) is 23.8 Å². The van der Waals surface area contributed by atoms with Crippen molar-refractivity contribution in [2.75, 3.05) is 5.32 Å². The van der Waals surface area contributed by atoms with Crippen LogP contribution in [0.4, 0.5) is 11.6 Å². The largest absolute Gasteiger partial charge is 0.487 e. The van der Waals surface area contributed by atoms with E-state index in [-0.39, 0.29) is 5.60 Å². The number of aryl methyl sites for hydroxylation is 3. The molecule has 4 rings (SSSR count). The minimum Gasteiger partial charge on any atom is -0.487 e. The lowest BCUT2D eigenvalue weighted by molar-refractivity contribution is 0.133. The first-order valence-corrected chi connectivity index (χ1v) is 9.59. The minimum atomic E-state index is -0.327. The van der Waals surface area contributed by atoms with Crippen LogP contribution in [0.5, 0.6) is 5.75 Å². The van der Waals surface area contributed by atoms with Gasteiger partial charge in [-0.2, -0.15) is 10.2 Å². The van der Waals surface area contributed by atoms with Crippen LogP contribution in [0.3, 0.4) is 0 Å². The molecule has 150 valence electrons. The van der Waals surface area contributed by atoms with Gasteiger partial charge in [0.25, 0.3) is 0 Å². The van der Waals surface area contributed by atoms with Gasteiger partial charge in [-0.05, 0) is 33.8 Å². The molecule has 0 saturated carbocycles. The Labute approximate surface area is 170 Å². The molecule has 0 aliphatic carbocycles. The zero-order valence-corrected chi connectivity index (χ0v) is 17.7. The molecule has 0 aliphatic heterocycles. The summed E-state index contributed by atoms with van der Waals surface area (Å²) >= 11 is 0. The molecule has 0 atom stereocenters. The Bertz CT molecular complexity index is 1180. The van der Waals surface area contributed by atoms with Gasteiger partial charge in [-0.25, -0.2) is 4.98 Å². The molecule has 29 heavy (non-hydrogen) atoms. The van der Waals surface area contributed by atoms with Gasteiger partial charge in [0.05, 0.1) is 17.3 Å². The molecule has 0 aliphatic rings. The molecular formula is C22H26N6O. The highest BCUT2D eigenvalue weighted by Crippen LogP contribution is 2.32. The summed E-state index contributed by atoms with van der Waals surface area (Å²) in [6.07, 6.45) is 1.78. The van der Waals surface area contributed by atoms with Crippen molar-refractivity contribution in [3.63, 3.8) is 0 Å². The second-order valence-electron chi connectivity index (χ2n) is 8.26. The highest BCUT2D eigenvalue weighted by atomic mass is 16.5. The van der Waals surface area contributed by atoms with E-state index >= 15 is 0 Å². The van der Waals surface area contributed by atoms with E-state index in [1.165, 1.54) is 5.56 Å². The maximum absolute atomic E-state index is 6.17. The van der Waals surface area contributed by atoms with Crippen molar-refractivity contribution in [3.05, 3.63) is 48.2 Å². The van der Waals surface area contributed by atoms with Gasteiger partial charge in [-0.3, -0.25) is 9.36 Å². The van der Waals surface area contributed by atoms with E-state index in [9.17, 15) is 0 Å². The van der Waals surface area contributed by atoms with Crippen LogP contribution in [-0.2, 0) is 14.1 Å². The van der Waals surface area contributed by atoms with Crippen LogP contribution in [0.15, 0.2) is 42.6 Å². The quantitative estimate of drug-likeness (QED) is 0.551. The number of hydrogen-bond donors (Lipinski definition) is 1. The van der Waals surface area contributed by atoms with Crippen LogP contribution in [0.25, 0.3) is 22.3 Å². The Hall–Kier alpha value is -3.35. The maximum Gasteiger partial charge on any atom is 0.163 e. The lowest BCUT2D eigenvalue weighted by atomic mass is 10.1. The van der Waals surface area contributed by atoms with E-state index in [2.05, 4.69) is 40.6 Å². The smallest absolute Gasteiger partial charge is 0.163 e. The van der Waals surface area contributed by atoms with E-state index in [1.807, 2.05) is 57.7 Å². The average Bonchev–Trinajstić information content (AvgIpc) is 3.18. The number of rotatable bonds is 4. The first-order valence-electron chi connectivity index (χ1n) is 9.59. The molecule has 7 heteroatoms. The standard InChI is InChI=1S/C22H26N6O/c1-14-8-7-9-15(10-14)17-11-20(27(5)26-17)24-19-12-18(29-22(2,3)4)16-13-23-28(6)21(16)25-19/h7-13H,1-6H3,(H,24,25). The molecule has 0 amide bonds. The van der Waals surface area contributed by atoms with Gasteiger partial charge < -0.3 is 10.1 Å². The maximum atomic E-state index is 6.17. The van der Waals surface area contributed by atoms with Crippen molar-refractivity contribution in [1.82, 2.24) is 24.5 Å². The van der Waals surface area contributed by atoms with Gasteiger partial charge in [0, 0.05) is 31.8 Å². The molecular weight excluding hydrogens is 364 g/mol. The fourth-order valence-corrected chi connectivity index (χ4v) is 3.23. The molecule has 3 heterocycles. The summed E-state index contributed by atoms with van der Waals surface area (Å²) in [5, 5.41) is 13.2. The predicted molar refractivity (Wildman–Crippen MR) is 116 cm³/mol. The summed E-state index contributed by atoms with van der Waals surface area (Å²) in [6.45, 7) is 8.16. The first-order chi connectivity index (χ1) is 13.7. The second kappa shape index (κ2) is 6.92. The van der Waals surface area contributed by atoms with Crippen molar-refractivity contribution in [1.29, 1.82) is 0 Å². The van der Waals surface area contributed by atoms with E-state index in [0.717, 1.165) is 33.9 Å². The number of pyridine rings is 1. The zero-order valence-electron chi connectivity index (χ0n) is 17.7. The lowest BCUT2D eigenvalue weighted by Crippen LogP contribution is -2.23. The van der Waals surface area contributed by atoms with E-state index in [0.29, 0.717) is 5.82 Å². The molecule has 1 aromatic carbocycles. The van der Waals surface area contributed by atoms with Gasteiger partial charge in [0.1, 0.15) is 23.0 Å². The summed E-state index contributed by atoms with van der Waals surface area (Å²) in [7, 11) is 3.79. The SMILES string of the molecule is Cc1cccc(-c2cc(Nc3cc(OC(C)(C)C)c4cnn(C)c4n3)n(C)n2)c1. The average molecular weight is 390 g/mol. The fraction of sp³-hybridized carbons (Fsp3) is 0.318. The Balaban J connectivity index is 1.72. The number of nitrogens with one attached hydrogen (secondary N) is 1. The summed E-state index contributed by atoms with van der Waals surface area (Å²) in [4.78, 5) is 4.73. The molecule has 3 aromatic heterocycles. The molecule has 0 radical (unpaired) electrons. The molecule has 0 bridgehead atoms. The van der Waals surface area contributed by atoms with Crippen LogP contribution in [0, 0.1) is 6.92 Å². The van der Waals surface area contributed by atoms with Crippen molar-refractivity contribution in [3.8, 4) is 17.0 Å². The minimum absolute atomic E-state index is 0.327. The molecule has 1 N–H and O–H groups in total. The number of nitrogens with zero attached hydrogens (tertiary/aromatic N) is 5. The molecule has 0 unspecified atom stereocenters. The van der Waals surface area contributed by atoms with Crippen LogP contribution < -0.4 is 10.1 Å². The number of fused-ring (bicyclic) bond motifs is 1. The highest BCUT2D eigenvalue weighted by Gasteiger charge is 2.18. The van der Waals surface area contributed by atoms with Crippen LogP contribution in [0.2, 0.25) is 0 Å². The summed E-state index contributed by atoms with van der Waals surface area (Å²) in [6, 6.07) is 12.2. The highest BCUT2D eigenvalue weighted by molar-refractivity contribution is 5.84. The molecule has 0 spiro atoms. The fourth-order valence-electron chi connectivity index (χ4n) is 3.23. The third-order valence-electron chi connectivity index (χ3n) is 4.53. The summed E-state index contributed by atoms with van der Waals surface area (Å²) in [5.41, 5.74) is 3.63. The Kier molecular flexibility index (Phi) is 4.53. The number of benzene rings is 1. The van der Waals surface area contributed by atoms with Gasteiger partial charge >= 0.3 is 0 Å². The number of anilines is 2. The van der Waals surface area contributed by atoms with Crippen LogP contribution >= 0.6 is 0 Å². The second-order valence-corrected chi connectivity index (χ2v) is 8.26. The van der Waals surface area contributed by atoms with Gasteiger partial charge in [0.2, 0.25) is 0 Å². The Morgan fingerprint density at radius 3 is 2.55 bits per heavy atom. The van der Waals surface area contributed by atoms with Crippen LogP contribution in [0.1, 0.15) is 26.3 Å². The van der Waals surface area contributed by atoms with E-state index in [1.54, 1.807) is 10.9 Å². The van der Waals surface area contributed by atoms with Crippen LogP contribution in [-0.4, -0.2) is 30.1 Å². The van der Waals surface area contributed by atoms with E-state index < -0.39 is 0 Å². The third kappa shape index (κ3) is 3.94. The third-order valence-corrected chi connectivity index (χ3v) is 4.53. The Morgan fingerprint density at radius 1 is 1.03 bits per heavy atom. The summed E-state index contributed by atoms with van der Waals surface area (Å²) in [5.74, 6) is 2.27. The predicted octanol–water partition coefficient (Wildman–Crippen LogP) is 4.60. The number of ether oxygens (including phenoxy) is 1.